The predicted molar refractivity (Wildman–Crippen MR) is 116 cm³/mol. The number of thioether (sulfide) groups is 1. The van der Waals surface area contributed by atoms with E-state index in [1.54, 1.807) is 24.3 Å². The van der Waals surface area contributed by atoms with Gasteiger partial charge in [-0.25, -0.2) is 0 Å². The lowest BCUT2D eigenvalue weighted by atomic mass is 10.1. The van der Waals surface area contributed by atoms with Crippen LogP contribution in [-0.4, -0.2) is 42.8 Å². The molecule has 0 saturated carbocycles. The second-order valence-corrected chi connectivity index (χ2v) is 8.08. The molecule has 0 unspecified atom stereocenters. The fraction of sp³-hybridized carbons (Fsp3) is 0.190. The Kier molecular flexibility index (Phi) is 7.17. The van der Waals surface area contributed by atoms with Gasteiger partial charge in [0.05, 0.1) is 19.1 Å². The van der Waals surface area contributed by atoms with Gasteiger partial charge in [0.15, 0.2) is 11.5 Å². The molecule has 0 N–H and O–H groups in total. The van der Waals surface area contributed by atoms with Crippen LogP contribution in [0.3, 0.4) is 0 Å². The van der Waals surface area contributed by atoms with E-state index in [1.165, 1.54) is 14.2 Å². The second-order valence-electron chi connectivity index (χ2n) is 6.17. The molecule has 1 aliphatic rings. The topological polar surface area (TPSA) is 82.1 Å². The van der Waals surface area contributed by atoms with E-state index in [-0.39, 0.29) is 4.91 Å². The van der Waals surface area contributed by atoms with Crippen LogP contribution in [0.1, 0.15) is 11.1 Å². The first-order chi connectivity index (χ1) is 14.4. The number of halogens is 1. The molecule has 1 fully saturated rings. The Morgan fingerprint density at radius 1 is 1.10 bits per heavy atom. The summed E-state index contributed by atoms with van der Waals surface area (Å²) in [5, 5.41) is -0.516. The molecule has 1 aliphatic heterocycles. The lowest BCUT2D eigenvalue weighted by Crippen LogP contribution is -2.34. The molecule has 0 bridgehead atoms. The minimum absolute atomic E-state index is 0.217. The normalized spacial score (nSPS) is 14.9. The average Bonchev–Trinajstić information content (AvgIpc) is 3.00. The van der Waals surface area contributed by atoms with Gasteiger partial charge in [-0.2, -0.15) is 0 Å². The van der Waals surface area contributed by atoms with Gasteiger partial charge in [-0.05, 0) is 53.2 Å². The minimum atomic E-state index is -0.660. The van der Waals surface area contributed by atoms with E-state index >= 15 is 0 Å². The van der Waals surface area contributed by atoms with E-state index < -0.39 is 23.7 Å². The van der Waals surface area contributed by atoms with Gasteiger partial charge in [0.2, 0.25) is 0 Å². The molecule has 0 atom stereocenters. The molecule has 2 aromatic rings. The summed E-state index contributed by atoms with van der Waals surface area (Å²) >= 11 is 4.17. The van der Waals surface area contributed by atoms with Crippen molar-refractivity contribution >= 4 is 50.9 Å². The van der Waals surface area contributed by atoms with Crippen molar-refractivity contribution in [2.75, 3.05) is 20.8 Å². The van der Waals surface area contributed by atoms with Crippen molar-refractivity contribution in [3.8, 4) is 11.5 Å². The highest BCUT2D eigenvalue weighted by Crippen LogP contribution is 2.34. The predicted octanol–water partition coefficient (Wildman–Crippen LogP) is 4.25. The number of carbonyl (C=O) groups is 3. The van der Waals surface area contributed by atoms with Crippen molar-refractivity contribution in [3.05, 3.63) is 63.0 Å². The molecule has 1 heterocycles. The average molecular weight is 492 g/mol. The maximum atomic E-state index is 12.4. The summed E-state index contributed by atoms with van der Waals surface area (Å²) in [7, 11) is 2.72. The van der Waals surface area contributed by atoms with Gasteiger partial charge in [0, 0.05) is 4.47 Å². The standard InChI is InChI=1S/C21H18BrNO6S/c1-27-17-9-14(5-8-16(17)29-12-13-3-6-15(22)7-4-13)10-18-20(25)23(21(26)30-18)11-19(24)28-2/h3-10H,11-12H2,1-2H3/b18-10-. The number of amides is 2. The van der Waals surface area contributed by atoms with E-state index in [0.717, 1.165) is 26.7 Å². The van der Waals surface area contributed by atoms with Crippen LogP contribution in [-0.2, 0) is 20.9 Å². The fourth-order valence-corrected chi connectivity index (χ4v) is 3.72. The molecule has 0 aromatic heterocycles. The van der Waals surface area contributed by atoms with Crippen LogP contribution in [0.25, 0.3) is 6.08 Å². The summed E-state index contributed by atoms with van der Waals surface area (Å²) in [5.74, 6) is -0.150. The number of imide groups is 1. The first kappa shape index (κ1) is 21.9. The third-order valence-corrected chi connectivity index (χ3v) is 5.62. The minimum Gasteiger partial charge on any atom is -0.493 e. The highest BCUT2D eigenvalue weighted by molar-refractivity contribution is 9.10. The fourth-order valence-electron chi connectivity index (χ4n) is 2.62. The van der Waals surface area contributed by atoms with E-state index in [9.17, 15) is 14.4 Å². The van der Waals surface area contributed by atoms with Crippen LogP contribution in [0.4, 0.5) is 4.79 Å². The lowest BCUT2D eigenvalue weighted by Gasteiger charge is -2.12. The molecule has 0 aliphatic carbocycles. The van der Waals surface area contributed by atoms with Crippen molar-refractivity contribution in [1.82, 2.24) is 4.90 Å². The quantitative estimate of drug-likeness (QED) is 0.422. The smallest absolute Gasteiger partial charge is 0.325 e. The molecule has 3 rings (SSSR count). The number of ether oxygens (including phenoxy) is 3. The third-order valence-electron chi connectivity index (χ3n) is 4.18. The molecule has 0 radical (unpaired) electrons. The Balaban J connectivity index is 1.74. The van der Waals surface area contributed by atoms with Gasteiger partial charge < -0.3 is 14.2 Å². The Morgan fingerprint density at radius 3 is 2.50 bits per heavy atom. The van der Waals surface area contributed by atoms with Gasteiger partial charge in [-0.15, -0.1) is 0 Å². The van der Waals surface area contributed by atoms with E-state index in [0.29, 0.717) is 23.7 Å². The van der Waals surface area contributed by atoms with Crippen molar-refractivity contribution < 1.29 is 28.6 Å². The zero-order valence-corrected chi connectivity index (χ0v) is 18.6. The van der Waals surface area contributed by atoms with Crippen LogP contribution < -0.4 is 9.47 Å². The monoisotopic (exact) mass is 491 g/mol. The number of esters is 1. The van der Waals surface area contributed by atoms with Gasteiger partial charge >= 0.3 is 5.97 Å². The summed E-state index contributed by atoms with van der Waals surface area (Å²) < 4.78 is 16.8. The molecule has 156 valence electrons. The van der Waals surface area contributed by atoms with E-state index in [2.05, 4.69) is 20.7 Å². The molecule has 7 nitrogen and oxygen atoms in total. The third kappa shape index (κ3) is 5.22. The second kappa shape index (κ2) is 9.82. The number of rotatable bonds is 7. The first-order valence-electron chi connectivity index (χ1n) is 8.78. The van der Waals surface area contributed by atoms with Crippen LogP contribution in [0.2, 0.25) is 0 Å². The largest absolute Gasteiger partial charge is 0.493 e. The Bertz CT molecular complexity index is 1010. The molecule has 1 saturated heterocycles. The number of benzene rings is 2. The van der Waals surface area contributed by atoms with Crippen molar-refractivity contribution in [1.29, 1.82) is 0 Å². The molecule has 30 heavy (non-hydrogen) atoms. The summed E-state index contributed by atoms with van der Waals surface area (Å²) in [5.41, 5.74) is 1.66. The highest BCUT2D eigenvalue weighted by Gasteiger charge is 2.36. The summed E-state index contributed by atoms with van der Waals surface area (Å²) in [6.45, 7) is -0.0416. The maximum absolute atomic E-state index is 12.4. The molecule has 9 heteroatoms. The van der Waals surface area contributed by atoms with E-state index in [1.807, 2.05) is 24.3 Å². The summed E-state index contributed by atoms with van der Waals surface area (Å²) in [6, 6.07) is 13.0. The van der Waals surface area contributed by atoms with Crippen molar-refractivity contribution in [2.24, 2.45) is 0 Å². The van der Waals surface area contributed by atoms with Gasteiger partial charge in [0.1, 0.15) is 13.2 Å². The zero-order valence-electron chi connectivity index (χ0n) is 16.2. The SMILES string of the molecule is COC(=O)CN1C(=O)S/C(=C\c2ccc(OCc3ccc(Br)cc3)c(OC)c2)C1=O. The molecule has 2 amide bonds. The summed E-state index contributed by atoms with van der Waals surface area (Å²) in [6.07, 6.45) is 1.57. The van der Waals surface area contributed by atoms with Crippen molar-refractivity contribution in [2.45, 2.75) is 6.61 Å². The number of hydrogen-bond donors (Lipinski definition) is 0. The molecular formula is C21H18BrNO6S. The van der Waals surface area contributed by atoms with Crippen LogP contribution >= 0.6 is 27.7 Å². The van der Waals surface area contributed by atoms with E-state index in [4.69, 9.17) is 9.47 Å². The number of hydrogen-bond acceptors (Lipinski definition) is 7. The van der Waals surface area contributed by atoms with Crippen LogP contribution in [0.5, 0.6) is 11.5 Å². The Hall–Kier alpha value is -2.78. The van der Waals surface area contributed by atoms with Crippen molar-refractivity contribution in [3.63, 3.8) is 0 Å². The van der Waals surface area contributed by atoms with Gasteiger partial charge in [0.25, 0.3) is 11.1 Å². The number of methoxy groups -OCH3 is 2. The van der Waals surface area contributed by atoms with Crippen LogP contribution in [0, 0.1) is 0 Å². The lowest BCUT2D eigenvalue weighted by molar-refractivity contribution is -0.143. The molecular weight excluding hydrogens is 474 g/mol. The molecule has 2 aromatic carbocycles. The number of nitrogens with zero attached hydrogens (tertiary/aromatic N) is 1. The van der Waals surface area contributed by atoms with Gasteiger partial charge in [-0.3, -0.25) is 19.3 Å². The first-order valence-corrected chi connectivity index (χ1v) is 10.4. The van der Waals surface area contributed by atoms with Gasteiger partial charge in [-0.1, -0.05) is 34.1 Å². The number of carbonyl (C=O) groups excluding carboxylic acids is 3. The molecule has 0 spiro atoms. The maximum Gasteiger partial charge on any atom is 0.325 e. The van der Waals surface area contributed by atoms with Crippen LogP contribution in [0.15, 0.2) is 51.8 Å². The zero-order chi connectivity index (χ0) is 21.7. The summed E-state index contributed by atoms with van der Waals surface area (Å²) in [4.78, 5) is 36.9. The Labute approximate surface area is 186 Å². The Morgan fingerprint density at radius 2 is 1.83 bits per heavy atom. The highest BCUT2D eigenvalue weighted by atomic mass is 79.9.